The second-order valence-corrected chi connectivity index (χ2v) is 8.02. The summed E-state index contributed by atoms with van der Waals surface area (Å²) in [4.78, 5) is 29.6. The van der Waals surface area contributed by atoms with Gasteiger partial charge in [0.25, 0.3) is 0 Å². The molecular formula is C22H24ClN3O2. The second-order valence-electron chi connectivity index (χ2n) is 7.59. The maximum absolute atomic E-state index is 13.3. The van der Waals surface area contributed by atoms with Gasteiger partial charge in [-0.15, -0.1) is 0 Å². The zero-order valence-corrected chi connectivity index (χ0v) is 16.7. The number of nitrogens with zero attached hydrogens (tertiary/aromatic N) is 2. The molecule has 3 amide bonds. The summed E-state index contributed by atoms with van der Waals surface area (Å²) >= 11 is 5.96. The van der Waals surface area contributed by atoms with Gasteiger partial charge in [0, 0.05) is 11.6 Å². The van der Waals surface area contributed by atoms with Gasteiger partial charge in [0.2, 0.25) is 5.91 Å². The molecule has 0 radical (unpaired) electrons. The van der Waals surface area contributed by atoms with E-state index in [-0.39, 0.29) is 30.6 Å². The number of carbonyl (C=O) groups excluding carboxylic acids is 2. The summed E-state index contributed by atoms with van der Waals surface area (Å²) in [5, 5.41) is 3.97. The Morgan fingerprint density at radius 3 is 2.36 bits per heavy atom. The van der Waals surface area contributed by atoms with Crippen LogP contribution in [0.3, 0.4) is 0 Å². The minimum Gasteiger partial charge on any atom is -0.315 e. The lowest BCUT2D eigenvalue weighted by Crippen LogP contribution is -2.68. The van der Waals surface area contributed by atoms with Gasteiger partial charge in [-0.05, 0) is 49.6 Å². The third-order valence-electron chi connectivity index (χ3n) is 5.56. The molecule has 0 aliphatic carbocycles. The fraction of sp³-hybridized carbons (Fsp3) is 0.364. The van der Waals surface area contributed by atoms with Gasteiger partial charge < -0.3 is 10.2 Å². The Morgan fingerprint density at radius 2 is 1.64 bits per heavy atom. The van der Waals surface area contributed by atoms with Crippen LogP contribution >= 0.6 is 11.6 Å². The molecule has 2 heterocycles. The van der Waals surface area contributed by atoms with Gasteiger partial charge >= 0.3 is 6.03 Å². The number of halogens is 1. The normalized spacial score (nSPS) is 22.4. The molecule has 5 nitrogen and oxygen atoms in total. The SMILES string of the molecule is Cc1ccc(CN2C(=O)N(Cc3ccc(Cl)cc3)C(=O)C3NCCCC32)cc1. The molecule has 2 aromatic carbocycles. The van der Waals surface area contributed by atoms with Crippen molar-refractivity contribution in [2.45, 2.75) is 44.9 Å². The Morgan fingerprint density at radius 1 is 1.00 bits per heavy atom. The minimum atomic E-state index is -0.343. The predicted molar refractivity (Wildman–Crippen MR) is 109 cm³/mol. The molecule has 0 aromatic heterocycles. The summed E-state index contributed by atoms with van der Waals surface area (Å²) in [6.45, 7) is 3.61. The summed E-state index contributed by atoms with van der Waals surface area (Å²) in [5.41, 5.74) is 3.14. The van der Waals surface area contributed by atoms with Crippen LogP contribution < -0.4 is 5.32 Å². The van der Waals surface area contributed by atoms with Crippen molar-refractivity contribution in [2.75, 3.05) is 6.54 Å². The van der Waals surface area contributed by atoms with Crippen LogP contribution in [0.5, 0.6) is 0 Å². The predicted octanol–water partition coefficient (Wildman–Crippen LogP) is 3.73. The Kier molecular flexibility index (Phi) is 5.38. The highest BCUT2D eigenvalue weighted by molar-refractivity contribution is 6.30. The van der Waals surface area contributed by atoms with E-state index in [0.717, 1.165) is 30.5 Å². The molecule has 4 rings (SSSR count). The molecule has 2 aromatic rings. The van der Waals surface area contributed by atoms with Crippen molar-refractivity contribution in [3.8, 4) is 0 Å². The van der Waals surface area contributed by atoms with Crippen LogP contribution in [-0.4, -0.2) is 40.4 Å². The highest BCUT2D eigenvalue weighted by Gasteiger charge is 2.46. The van der Waals surface area contributed by atoms with Gasteiger partial charge in [-0.3, -0.25) is 9.69 Å². The van der Waals surface area contributed by atoms with E-state index in [0.29, 0.717) is 11.6 Å². The smallest absolute Gasteiger partial charge is 0.315 e. The Balaban J connectivity index is 1.61. The number of rotatable bonds is 4. The topological polar surface area (TPSA) is 52.7 Å². The lowest BCUT2D eigenvalue weighted by molar-refractivity contribution is -0.137. The van der Waals surface area contributed by atoms with E-state index in [1.165, 1.54) is 10.5 Å². The molecule has 2 fully saturated rings. The highest BCUT2D eigenvalue weighted by Crippen LogP contribution is 2.27. The minimum absolute atomic E-state index is 0.100. The molecular weight excluding hydrogens is 374 g/mol. The van der Waals surface area contributed by atoms with Gasteiger partial charge in [0.05, 0.1) is 12.6 Å². The summed E-state index contributed by atoms with van der Waals surface area (Å²) in [6.07, 6.45) is 1.80. The van der Waals surface area contributed by atoms with Gasteiger partial charge in [-0.1, -0.05) is 53.6 Å². The molecule has 0 bridgehead atoms. The highest BCUT2D eigenvalue weighted by atomic mass is 35.5. The molecule has 2 atom stereocenters. The van der Waals surface area contributed by atoms with E-state index in [1.807, 2.05) is 36.1 Å². The number of hydrogen-bond donors (Lipinski definition) is 1. The fourth-order valence-electron chi connectivity index (χ4n) is 4.01. The molecule has 2 unspecified atom stereocenters. The number of benzene rings is 2. The zero-order chi connectivity index (χ0) is 19.7. The van der Waals surface area contributed by atoms with Crippen molar-refractivity contribution in [2.24, 2.45) is 0 Å². The van der Waals surface area contributed by atoms with Crippen LogP contribution in [0.15, 0.2) is 48.5 Å². The molecule has 28 heavy (non-hydrogen) atoms. The first-order chi connectivity index (χ1) is 13.5. The lowest BCUT2D eigenvalue weighted by atomic mass is 9.92. The first-order valence-electron chi connectivity index (χ1n) is 9.68. The number of piperidine rings is 1. The standard InChI is InChI=1S/C22H24ClN3O2/c1-15-4-6-16(7-5-15)13-25-19-3-2-12-24-20(19)21(27)26(22(25)28)14-17-8-10-18(23)11-9-17/h4-11,19-20,24H,2-3,12-14H2,1H3. The number of carbonyl (C=O) groups is 2. The Labute approximate surface area is 170 Å². The monoisotopic (exact) mass is 397 g/mol. The summed E-state index contributed by atoms with van der Waals surface area (Å²) in [5.74, 6) is -0.134. The van der Waals surface area contributed by atoms with Crippen molar-refractivity contribution >= 4 is 23.5 Å². The number of amides is 3. The third-order valence-corrected chi connectivity index (χ3v) is 5.81. The molecule has 1 N–H and O–H groups in total. The largest absolute Gasteiger partial charge is 0.327 e. The van der Waals surface area contributed by atoms with E-state index < -0.39 is 0 Å². The van der Waals surface area contributed by atoms with Gasteiger partial charge in [-0.2, -0.15) is 0 Å². The maximum atomic E-state index is 13.3. The van der Waals surface area contributed by atoms with E-state index in [2.05, 4.69) is 17.4 Å². The average molecular weight is 398 g/mol. The number of imide groups is 1. The van der Waals surface area contributed by atoms with E-state index in [9.17, 15) is 9.59 Å². The molecule has 6 heteroatoms. The Bertz CT molecular complexity index is 866. The van der Waals surface area contributed by atoms with Crippen LogP contribution in [0, 0.1) is 6.92 Å². The quantitative estimate of drug-likeness (QED) is 0.855. The summed E-state index contributed by atoms with van der Waals surface area (Å²) < 4.78 is 0. The summed E-state index contributed by atoms with van der Waals surface area (Å²) in [6, 6.07) is 14.8. The second kappa shape index (κ2) is 7.94. The number of nitrogens with one attached hydrogen (secondary N) is 1. The van der Waals surface area contributed by atoms with Crippen molar-refractivity contribution < 1.29 is 9.59 Å². The number of aryl methyl sites for hydroxylation is 1. The molecule has 2 saturated heterocycles. The molecule has 2 aliphatic heterocycles. The zero-order valence-electron chi connectivity index (χ0n) is 15.9. The van der Waals surface area contributed by atoms with Gasteiger partial charge in [0.15, 0.2) is 0 Å². The first-order valence-corrected chi connectivity index (χ1v) is 10.1. The van der Waals surface area contributed by atoms with Crippen LogP contribution in [0.2, 0.25) is 5.02 Å². The van der Waals surface area contributed by atoms with Crippen molar-refractivity contribution in [1.29, 1.82) is 0 Å². The van der Waals surface area contributed by atoms with Gasteiger partial charge in [0.1, 0.15) is 6.04 Å². The van der Waals surface area contributed by atoms with Crippen LogP contribution in [0.1, 0.15) is 29.5 Å². The van der Waals surface area contributed by atoms with E-state index >= 15 is 0 Å². The molecule has 0 spiro atoms. The summed E-state index contributed by atoms with van der Waals surface area (Å²) in [7, 11) is 0. The van der Waals surface area contributed by atoms with Crippen molar-refractivity contribution in [3.63, 3.8) is 0 Å². The molecule has 2 aliphatic rings. The van der Waals surface area contributed by atoms with Crippen LogP contribution in [-0.2, 0) is 17.9 Å². The van der Waals surface area contributed by atoms with Crippen molar-refractivity contribution in [1.82, 2.24) is 15.1 Å². The lowest BCUT2D eigenvalue weighted by Gasteiger charge is -2.47. The Hall–Kier alpha value is -2.37. The van der Waals surface area contributed by atoms with E-state index in [4.69, 9.17) is 11.6 Å². The third kappa shape index (κ3) is 3.77. The van der Waals surface area contributed by atoms with Gasteiger partial charge in [-0.25, -0.2) is 4.79 Å². The van der Waals surface area contributed by atoms with Crippen molar-refractivity contribution in [3.05, 3.63) is 70.2 Å². The maximum Gasteiger partial charge on any atom is 0.327 e. The number of hydrogen-bond acceptors (Lipinski definition) is 3. The number of urea groups is 1. The average Bonchev–Trinajstić information content (AvgIpc) is 2.71. The van der Waals surface area contributed by atoms with E-state index in [1.54, 1.807) is 12.1 Å². The first kappa shape index (κ1) is 19.0. The number of fused-ring (bicyclic) bond motifs is 1. The van der Waals surface area contributed by atoms with Crippen LogP contribution in [0.4, 0.5) is 4.79 Å². The fourth-order valence-corrected chi connectivity index (χ4v) is 4.14. The van der Waals surface area contributed by atoms with Crippen LogP contribution in [0.25, 0.3) is 0 Å². The molecule has 0 saturated carbocycles. The molecule has 146 valence electrons.